The van der Waals surface area contributed by atoms with Gasteiger partial charge in [0.05, 0.1) is 4.88 Å². The molecule has 0 saturated carbocycles. The first-order chi connectivity index (χ1) is 9.16. The summed E-state index contributed by atoms with van der Waals surface area (Å²) in [4.78, 5) is 23.2. The molecule has 5 nitrogen and oxygen atoms in total. The van der Waals surface area contributed by atoms with Crippen LogP contribution in [0.4, 0.5) is 0 Å². The van der Waals surface area contributed by atoms with E-state index in [0.29, 0.717) is 23.7 Å². The Hall–Kier alpha value is -1.66. The third kappa shape index (κ3) is 3.90. The van der Waals surface area contributed by atoms with E-state index in [4.69, 9.17) is 9.84 Å². The summed E-state index contributed by atoms with van der Waals surface area (Å²) in [5, 5.41) is 13.3. The maximum atomic E-state index is 12.1. The lowest BCUT2D eigenvalue weighted by atomic mass is 10.1. The van der Waals surface area contributed by atoms with Gasteiger partial charge in [-0.05, 0) is 35.9 Å². The van der Waals surface area contributed by atoms with Crippen LogP contribution in [-0.4, -0.2) is 36.2 Å². The van der Waals surface area contributed by atoms with Crippen molar-refractivity contribution in [2.45, 2.75) is 18.9 Å². The Labute approximate surface area is 114 Å². The van der Waals surface area contributed by atoms with Crippen LogP contribution in [0, 0.1) is 0 Å². The molecule has 102 valence electrons. The molecule has 1 saturated heterocycles. The van der Waals surface area contributed by atoms with Gasteiger partial charge in [-0.2, -0.15) is 0 Å². The van der Waals surface area contributed by atoms with Gasteiger partial charge in [-0.1, -0.05) is 0 Å². The number of aliphatic carboxylic acids is 1. The summed E-state index contributed by atoms with van der Waals surface area (Å²) >= 11 is 1.31. The van der Waals surface area contributed by atoms with E-state index in [1.54, 1.807) is 11.4 Å². The van der Waals surface area contributed by atoms with Gasteiger partial charge < -0.3 is 15.2 Å². The van der Waals surface area contributed by atoms with E-state index >= 15 is 0 Å². The largest absolute Gasteiger partial charge is 0.478 e. The van der Waals surface area contributed by atoms with Crippen LogP contribution in [-0.2, 0) is 9.53 Å². The average Bonchev–Trinajstić information content (AvgIpc) is 2.86. The summed E-state index contributed by atoms with van der Waals surface area (Å²) < 4.78 is 5.24. The van der Waals surface area contributed by atoms with Crippen LogP contribution < -0.4 is 5.32 Å². The highest BCUT2D eigenvalue weighted by Crippen LogP contribution is 2.19. The zero-order valence-corrected chi connectivity index (χ0v) is 11.1. The van der Waals surface area contributed by atoms with Gasteiger partial charge in [0.1, 0.15) is 0 Å². The number of carboxylic acids is 1. The molecule has 0 aromatic carbocycles. The number of thiophene rings is 1. The lowest BCUT2D eigenvalue weighted by Crippen LogP contribution is -2.38. The third-order valence-corrected chi connectivity index (χ3v) is 3.79. The van der Waals surface area contributed by atoms with Gasteiger partial charge >= 0.3 is 5.97 Å². The van der Waals surface area contributed by atoms with Crippen molar-refractivity contribution in [2.75, 3.05) is 13.2 Å². The Balaban J connectivity index is 2.02. The van der Waals surface area contributed by atoms with Crippen molar-refractivity contribution in [3.05, 3.63) is 28.0 Å². The van der Waals surface area contributed by atoms with E-state index < -0.39 is 5.97 Å². The Kier molecular flexibility index (Phi) is 4.70. The van der Waals surface area contributed by atoms with Gasteiger partial charge in [-0.15, -0.1) is 11.3 Å². The van der Waals surface area contributed by atoms with Crippen molar-refractivity contribution in [2.24, 2.45) is 0 Å². The van der Waals surface area contributed by atoms with Gasteiger partial charge in [-0.25, -0.2) is 4.79 Å². The minimum absolute atomic E-state index is 0.139. The first-order valence-corrected chi connectivity index (χ1v) is 6.92. The van der Waals surface area contributed by atoms with Gasteiger partial charge in [0, 0.05) is 25.3 Å². The van der Waals surface area contributed by atoms with Crippen molar-refractivity contribution >= 4 is 29.3 Å². The van der Waals surface area contributed by atoms with Crippen LogP contribution in [0.2, 0.25) is 0 Å². The van der Waals surface area contributed by atoms with E-state index in [0.717, 1.165) is 18.9 Å². The molecule has 1 aromatic rings. The summed E-state index contributed by atoms with van der Waals surface area (Å²) in [6, 6.07) is 1.88. The summed E-state index contributed by atoms with van der Waals surface area (Å²) in [7, 11) is 0. The topological polar surface area (TPSA) is 75.6 Å². The highest BCUT2D eigenvalue weighted by molar-refractivity contribution is 7.12. The van der Waals surface area contributed by atoms with E-state index in [1.807, 2.05) is 0 Å². The highest BCUT2D eigenvalue weighted by atomic mass is 32.1. The van der Waals surface area contributed by atoms with Crippen LogP contribution in [0.3, 0.4) is 0 Å². The van der Waals surface area contributed by atoms with Gasteiger partial charge in [-0.3, -0.25) is 4.79 Å². The van der Waals surface area contributed by atoms with Crippen molar-refractivity contribution < 1.29 is 19.4 Å². The minimum Gasteiger partial charge on any atom is -0.478 e. The molecule has 0 aliphatic carbocycles. The fourth-order valence-electron chi connectivity index (χ4n) is 1.89. The van der Waals surface area contributed by atoms with Crippen molar-refractivity contribution in [3.63, 3.8) is 0 Å². The predicted molar refractivity (Wildman–Crippen MR) is 72.3 cm³/mol. The molecule has 0 atom stereocenters. The second-order valence-corrected chi connectivity index (χ2v) is 5.15. The molecule has 0 unspecified atom stereocenters. The maximum absolute atomic E-state index is 12.1. The van der Waals surface area contributed by atoms with E-state index in [1.165, 1.54) is 17.4 Å². The first-order valence-electron chi connectivity index (χ1n) is 6.04. The summed E-state index contributed by atoms with van der Waals surface area (Å²) in [6.45, 7) is 1.34. The number of hydrogen-bond donors (Lipinski definition) is 2. The van der Waals surface area contributed by atoms with Crippen LogP contribution >= 0.6 is 11.3 Å². The quantitative estimate of drug-likeness (QED) is 0.824. The summed E-state index contributed by atoms with van der Waals surface area (Å²) in [5.74, 6) is -1.17. The fraction of sp³-hybridized carbons (Fsp3) is 0.385. The molecule has 2 rings (SSSR count). The standard InChI is InChI=1S/C13H15NO4S/c15-11(16)2-1-9-5-8-19-12(9)13(17)14-10-3-6-18-7-4-10/h1-2,5,8,10H,3-4,6-7H2,(H,14,17)(H,15,16). The number of amides is 1. The van der Waals surface area contributed by atoms with E-state index in [2.05, 4.69) is 5.32 Å². The smallest absolute Gasteiger partial charge is 0.328 e. The number of hydrogen-bond acceptors (Lipinski definition) is 4. The molecule has 1 aromatic heterocycles. The molecule has 0 spiro atoms. The SMILES string of the molecule is O=C(O)C=Cc1ccsc1C(=O)NC1CCOCC1. The predicted octanol–water partition coefficient (Wildman–Crippen LogP) is 1.75. The van der Waals surface area contributed by atoms with Crippen LogP contribution in [0.25, 0.3) is 6.08 Å². The van der Waals surface area contributed by atoms with Crippen molar-refractivity contribution in [1.29, 1.82) is 0 Å². The molecule has 2 N–H and O–H groups in total. The van der Waals surface area contributed by atoms with Gasteiger partial charge in [0.2, 0.25) is 0 Å². The molecule has 2 heterocycles. The highest BCUT2D eigenvalue weighted by Gasteiger charge is 2.19. The molecule has 1 aliphatic heterocycles. The average molecular weight is 281 g/mol. The third-order valence-electron chi connectivity index (χ3n) is 2.86. The molecular formula is C13H15NO4S. The summed E-state index contributed by atoms with van der Waals surface area (Å²) in [5.41, 5.74) is 0.636. The minimum atomic E-state index is -1.03. The lowest BCUT2D eigenvalue weighted by Gasteiger charge is -2.22. The van der Waals surface area contributed by atoms with Crippen LogP contribution in [0.5, 0.6) is 0 Å². The maximum Gasteiger partial charge on any atom is 0.328 e. The normalized spacial score (nSPS) is 16.6. The number of carbonyl (C=O) groups excluding carboxylic acids is 1. The Morgan fingerprint density at radius 1 is 1.42 bits per heavy atom. The van der Waals surface area contributed by atoms with Crippen molar-refractivity contribution in [3.8, 4) is 0 Å². The van der Waals surface area contributed by atoms with Gasteiger partial charge in [0.25, 0.3) is 5.91 Å². The number of carbonyl (C=O) groups is 2. The lowest BCUT2D eigenvalue weighted by molar-refractivity contribution is -0.131. The number of nitrogens with one attached hydrogen (secondary N) is 1. The first kappa shape index (κ1) is 13.8. The molecule has 1 aliphatic rings. The zero-order chi connectivity index (χ0) is 13.7. The summed E-state index contributed by atoms with van der Waals surface area (Å²) in [6.07, 6.45) is 4.11. The fourth-order valence-corrected chi connectivity index (χ4v) is 2.68. The zero-order valence-electron chi connectivity index (χ0n) is 10.3. The molecule has 19 heavy (non-hydrogen) atoms. The van der Waals surface area contributed by atoms with Crippen LogP contribution in [0.15, 0.2) is 17.5 Å². The number of carboxylic acid groups (broad SMARTS) is 1. The number of rotatable bonds is 4. The molecular weight excluding hydrogens is 266 g/mol. The molecule has 1 fully saturated rings. The van der Waals surface area contributed by atoms with Crippen molar-refractivity contribution in [1.82, 2.24) is 5.32 Å². The number of ether oxygens (including phenoxy) is 1. The Morgan fingerprint density at radius 3 is 2.84 bits per heavy atom. The molecule has 0 radical (unpaired) electrons. The molecule has 1 amide bonds. The molecule has 6 heteroatoms. The monoisotopic (exact) mass is 281 g/mol. The van der Waals surface area contributed by atoms with Crippen LogP contribution in [0.1, 0.15) is 28.1 Å². The Bertz CT molecular complexity index is 489. The second kappa shape index (κ2) is 6.49. The van der Waals surface area contributed by atoms with E-state index in [-0.39, 0.29) is 11.9 Å². The Morgan fingerprint density at radius 2 is 2.16 bits per heavy atom. The van der Waals surface area contributed by atoms with Gasteiger partial charge in [0.15, 0.2) is 0 Å². The second-order valence-electron chi connectivity index (χ2n) is 4.24. The van der Waals surface area contributed by atoms with E-state index in [9.17, 15) is 9.59 Å². The molecule has 0 bridgehead atoms.